The number of aryl methyl sites for hydroxylation is 2. The van der Waals surface area contributed by atoms with Crippen LogP contribution in [0.15, 0.2) is 40.3 Å². The lowest BCUT2D eigenvalue weighted by Crippen LogP contribution is -2.36. The largest absolute Gasteiger partial charge is 0.507 e. The fourth-order valence-corrected chi connectivity index (χ4v) is 4.12. The number of likely N-dealkylation sites (tertiary alicyclic amines) is 1. The van der Waals surface area contributed by atoms with Crippen molar-refractivity contribution in [2.45, 2.75) is 38.8 Å². The fourth-order valence-electron chi connectivity index (χ4n) is 4.12. The number of carbonyl (C=O) groups is 2. The Morgan fingerprint density at radius 3 is 2.67 bits per heavy atom. The number of carbonyl (C=O) groups excluding carboxylic acids is 2. The second-order valence-corrected chi connectivity index (χ2v) is 7.74. The molecule has 0 bridgehead atoms. The predicted octanol–water partition coefficient (Wildman–Crippen LogP) is 3.51. The molecule has 7 heteroatoms. The van der Waals surface area contributed by atoms with Gasteiger partial charge in [0, 0.05) is 13.2 Å². The van der Waals surface area contributed by atoms with Gasteiger partial charge in [-0.1, -0.05) is 11.6 Å². The normalized spacial score (nSPS) is 23.4. The van der Waals surface area contributed by atoms with Crippen LogP contribution in [-0.2, 0) is 14.3 Å². The first-order valence-electron chi connectivity index (χ1n) is 10.0. The van der Waals surface area contributed by atoms with Crippen LogP contribution >= 0.6 is 0 Å². The van der Waals surface area contributed by atoms with Gasteiger partial charge in [-0.05, 0) is 51.0 Å². The Morgan fingerprint density at radius 1 is 1.23 bits per heavy atom. The van der Waals surface area contributed by atoms with E-state index in [1.54, 1.807) is 31.2 Å². The van der Waals surface area contributed by atoms with E-state index in [4.69, 9.17) is 13.9 Å². The molecule has 1 amide bonds. The number of rotatable bonds is 5. The molecule has 0 aliphatic carbocycles. The lowest BCUT2D eigenvalue weighted by molar-refractivity contribution is -0.141. The zero-order chi connectivity index (χ0) is 21.4. The van der Waals surface area contributed by atoms with Crippen LogP contribution in [-0.4, -0.2) is 48.1 Å². The molecule has 2 aliphatic heterocycles. The number of aliphatic hydroxyl groups excluding tert-OH is 1. The molecule has 30 heavy (non-hydrogen) atoms. The van der Waals surface area contributed by atoms with Crippen molar-refractivity contribution in [2.75, 3.05) is 20.3 Å². The second-order valence-electron chi connectivity index (χ2n) is 7.74. The maximum absolute atomic E-state index is 13.0. The molecular formula is C23H25NO6. The number of nitrogens with zero attached hydrogens (tertiary/aromatic N) is 1. The summed E-state index contributed by atoms with van der Waals surface area (Å²) in [5.41, 5.74) is 1.24. The van der Waals surface area contributed by atoms with Gasteiger partial charge >= 0.3 is 0 Å². The molecule has 7 nitrogen and oxygen atoms in total. The predicted molar refractivity (Wildman–Crippen MR) is 109 cm³/mol. The number of amides is 1. The number of ketones is 1. The number of benzene rings is 1. The Labute approximate surface area is 174 Å². The molecule has 0 saturated carbocycles. The number of Topliss-reactive ketones (excluding diaryl/α,β-unsaturated/α-hetero) is 1. The maximum atomic E-state index is 13.0. The van der Waals surface area contributed by atoms with Crippen molar-refractivity contribution < 1.29 is 28.6 Å². The van der Waals surface area contributed by atoms with Gasteiger partial charge in [0.1, 0.15) is 29.1 Å². The first-order valence-corrected chi connectivity index (χ1v) is 10.0. The summed E-state index contributed by atoms with van der Waals surface area (Å²) in [6.45, 7) is 4.56. The molecule has 2 aromatic rings. The molecular weight excluding hydrogens is 386 g/mol. The van der Waals surface area contributed by atoms with Gasteiger partial charge < -0.3 is 23.9 Å². The summed E-state index contributed by atoms with van der Waals surface area (Å²) in [6.07, 6.45) is 1.59. The smallest absolute Gasteiger partial charge is 0.295 e. The Bertz CT molecular complexity index is 1010. The third kappa shape index (κ3) is 3.50. The third-order valence-corrected chi connectivity index (χ3v) is 5.61. The van der Waals surface area contributed by atoms with Crippen molar-refractivity contribution in [3.8, 4) is 5.75 Å². The van der Waals surface area contributed by atoms with E-state index in [-0.39, 0.29) is 24.0 Å². The summed E-state index contributed by atoms with van der Waals surface area (Å²) in [7, 11) is 1.49. The number of hydrogen-bond donors (Lipinski definition) is 1. The number of furan rings is 1. The molecule has 1 N–H and O–H groups in total. The van der Waals surface area contributed by atoms with E-state index in [9.17, 15) is 14.7 Å². The average Bonchev–Trinajstić information content (AvgIpc) is 3.45. The first kappa shape index (κ1) is 20.2. The molecule has 3 heterocycles. The van der Waals surface area contributed by atoms with Crippen LogP contribution in [0.3, 0.4) is 0 Å². The molecule has 0 spiro atoms. The van der Waals surface area contributed by atoms with Crippen molar-refractivity contribution in [2.24, 2.45) is 0 Å². The summed E-state index contributed by atoms with van der Waals surface area (Å²) in [5, 5.41) is 11.2. The molecule has 1 aromatic carbocycles. The monoisotopic (exact) mass is 411 g/mol. The second kappa shape index (κ2) is 7.99. The molecule has 1 aromatic heterocycles. The van der Waals surface area contributed by atoms with E-state index in [1.165, 1.54) is 12.0 Å². The van der Waals surface area contributed by atoms with E-state index in [1.807, 2.05) is 13.0 Å². The Morgan fingerprint density at radius 2 is 2.03 bits per heavy atom. The third-order valence-electron chi connectivity index (χ3n) is 5.61. The van der Waals surface area contributed by atoms with E-state index in [0.717, 1.165) is 18.4 Å². The zero-order valence-corrected chi connectivity index (χ0v) is 17.3. The quantitative estimate of drug-likeness (QED) is 0.460. The zero-order valence-electron chi connectivity index (χ0n) is 17.3. The van der Waals surface area contributed by atoms with Gasteiger partial charge in [-0.25, -0.2) is 0 Å². The van der Waals surface area contributed by atoms with Crippen LogP contribution in [0.5, 0.6) is 5.75 Å². The van der Waals surface area contributed by atoms with Gasteiger partial charge in [0.15, 0.2) is 0 Å². The number of hydrogen-bond acceptors (Lipinski definition) is 6. The van der Waals surface area contributed by atoms with Crippen molar-refractivity contribution in [3.05, 3.63) is 58.6 Å². The van der Waals surface area contributed by atoms with Gasteiger partial charge in [0.25, 0.3) is 11.7 Å². The van der Waals surface area contributed by atoms with Gasteiger partial charge in [-0.15, -0.1) is 0 Å². The molecule has 2 fully saturated rings. The van der Waals surface area contributed by atoms with E-state index in [0.29, 0.717) is 29.4 Å². The maximum Gasteiger partial charge on any atom is 0.295 e. The minimum Gasteiger partial charge on any atom is -0.507 e. The highest BCUT2D eigenvalue weighted by atomic mass is 16.5. The first-order chi connectivity index (χ1) is 14.4. The summed E-state index contributed by atoms with van der Waals surface area (Å²) in [4.78, 5) is 27.4. The standard InChI is InChI=1S/C23H25NO6/c1-13-6-8-17(28-3)16(11-13)21(25)19-20(18-9-7-14(2)30-18)24(23(27)22(19)26)12-15-5-4-10-29-15/h6-9,11,15,20,25H,4-5,10,12H2,1-3H3/b21-19+. The summed E-state index contributed by atoms with van der Waals surface area (Å²) in [6, 6.07) is 7.97. The van der Waals surface area contributed by atoms with Crippen molar-refractivity contribution >= 4 is 17.4 Å². The van der Waals surface area contributed by atoms with Gasteiger partial charge in [-0.2, -0.15) is 0 Å². The average molecular weight is 411 g/mol. The minimum atomic E-state index is -0.826. The molecule has 2 atom stereocenters. The van der Waals surface area contributed by atoms with Crippen LogP contribution in [0.1, 0.15) is 41.5 Å². The number of methoxy groups -OCH3 is 1. The minimum absolute atomic E-state index is 0.00348. The Hall–Kier alpha value is -3.06. The van der Waals surface area contributed by atoms with Crippen LogP contribution in [0, 0.1) is 13.8 Å². The molecule has 2 saturated heterocycles. The number of ether oxygens (including phenoxy) is 2. The number of aliphatic hydroxyl groups is 1. The van der Waals surface area contributed by atoms with Crippen molar-refractivity contribution in [3.63, 3.8) is 0 Å². The van der Waals surface area contributed by atoms with Gasteiger partial charge in [0.2, 0.25) is 0 Å². The van der Waals surface area contributed by atoms with E-state index < -0.39 is 17.7 Å². The lowest BCUT2D eigenvalue weighted by Gasteiger charge is -2.25. The summed E-state index contributed by atoms with van der Waals surface area (Å²) >= 11 is 0. The molecule has 158 valence electrons. The molecule has 2 unspecified atom stereocenters. The lowest BCUT2D eigenvalue weighted by atomic mass is 9.98. The van der Waals surface area contributed by atoms with Crippen LogP contribution in [0.25, 0.3) is 5.76 Å². The molecule has 2 aliphatic rings. The molecule has 4 rings (SSSR count). The Kier molecular flexibility index (Phi) is 5.39. The Balaban J connectivity index is 1.86. The van der Waals surface area contributed by atoms with E-state index >= 15 is 0 Å². The van der Waals surface area contributed by atoms with Crippen LogP contribution in [0.4, 0.5) is 0 Å². The van der Waals surface area contributed by atoms with Gasteiger partial charge in [0.05, 0.1) is 24.4 Å². The topological polar surface area (TPSA) is 89.2 Å². The van der Waals surface area contributed by atoms with Crippen LogP contribution < -0.4 is 4.74 Å². The molecule has 0 radical (unpaired) electrons. The van der Waals surface area contributed by atoms with Crippen molar-refractivity contribution in [1.29, 1.82) is 0 Å². The highest BCUT2D eigenvalue weighted by Crippen LogP contribution is 2.42. The fraction of sp³-hybridized carbons (Fsp3) is 0.391. The SMILES string of the molecule is COc1ccc(C)cc1/C(O)=C1\C(=O)C(=O)N(CC2CCCO2)C1c1ccc(C)o1. The van der Waals surface area contributed by atoms with E-state index in [2.05, 4.69) is 0 Å². The van der Waals surface area contributed by atoms with Gasteiger partial charge in [-0.3, -0.25) is 9.59 Å². The van der Waals surface area contributed by atoms with Crippen LogP contribution in [0.2, 0.25) is 0 Å². The summed E-state index contributed by atoms with van der Waals surface area (Å²) < 4.78 is 16.9. The highest BCUT2D eigenvalue weighted by Gasteiger charge is 2.48. The highest BCUT2D eigenvalue weighted by molar-refractivity contribution is 6.46. The summed E-state index contributed by atoms with van der Waals surface area (Å²) in [5.74, 6) is -0.190. The van der Waals surface area contributed by atoms with Crippen molar-refractivity contribution in [1.82, 2.24) is 4.90 Å².